The number of nitrogens with zero attached hydrogens (tertiary/aromatic N) is 3. The van der Waals surface area contributed by atoms with Gasteiger partial charge in [0.05, 0.1) is 12.0 Å². The van der Waals surface area contributed by atoms with Crippen molar-refractivity contribution in [3.8, 4) is 5.75 Å². The zero-order valence-corrected chi connectivity index (χ0v) is 15.0. The van der Waals surface area contributed by atoms with Crippen molar-refractivity contribution in [1.82, 2.24) is 5.01 Å². The zero-order valence-electron chi connectivity index (χ0n) is 15.0. The molecule has 0 saturated carbocycles. The number of benzene rings is 2. The maximum absolute atomic E-state index is 13.1. The quantitative estimate of drug-likeness (QED) is 0.644. The standard InChI is InChI=1S/C19H19N3O5/c1-3-14-12-19(24,13-8-10-15(27-2)11-9-13)21(20-14)18(23)16-6-4-5-7-17(16)22(25)26/h4-11,24H,3,12H2,1-2H3. The van der Waals surface area contributed by atoms with Crippen LogP contribution in [0.15, 0.2) is 53.6 Å². The van der Waals surface area contributed by atoms with Gasteiger partial charge in [-0.15, -0.1) is 0 Å². The van der Waals surface area contributed by atoms with Gasteiger partial charge in [-0.2, -0.15) is 10.1 Å². The van der Waals surface area contributed by atoms with E-state index in [1.165, 1.54) is 31.4 Å². The number of para-hydroxylation sites is 1. The van der Waals surface area contributed by atoms with Crippen LogP contribution in [0.2, 0.25) is 0 Å². The number of amides is 1. The number of hydrogen-bond donors (Lipinski definition) is 1. The van der Waals surface area contributed by atoms with Crippen LogP contribution < -0.4 is 4.74 Å². The van der Waals surface area contributed by atoms with Crippen molar-refractivity contribution in [2.45, 2.75) is 25.5 Å². The van der Waals surface area contributed by atoms with Gasteiger partial charge < -0.3 is 9.84 Å². The fraction of sp³-hybridized carbons (Fsp3) is 0.263. The highest BCUT2D eigenvalue weighted by Gasteiger charge is 2.46. The number of hydrazone groups is 1. The average Bonchev–Trinajstić information content (AvgIpc) is 3.05. The molecule has 2 aromatic carbocycles. The molecule has 0 saturated heterocycles. The molecule has 8 nitrogen and oxygen atoms in total. The van der Waals surface area contributed by atoms with E-state index in [0.717, 1.165) is 5.01 Å². The van der Waals surface area contributed by atoms with Crippen LogP contribution in [-0.2, 0) is 5.72 Å². The molecule has 0 aromatic heterocycles. The number of hydrogen-bond acceptors (Lipinski definition) is 6. The van der Waals surface area contributed by atoms with E-state index in [0.29, 0.717) is 23.4 Å². The van der Waals surface area contributed by atoms with Crippen molar-refractivity contribution in [2.24, 2.45) is 5.10 Å². The minimum atomic E-state index is -1.72. The number of rotatable bonds is 5. The summed E-state index contributed by atoms with van der Waals surface area (Å²) in [4.78, 5) is 23.7. The lowest BCUT2D eigenvalue weighted by Gasteiger charge is -2.31. The summed E-state index contributed by atoms with van der Waals surface area (Å²) in [5.41, 5.74) is -1.11. The van der Waals surface area contributed by atoms with E-state index in [9.17, 15) is 20.0 Å². The normalized spacial score (nSPS) is 18.9. The predicted molar refractivity (Wildman–Crippen MR) is 98.5 cm³/mol. The highest BCUT2D eigenvalue weighted by Crippen LogP contribution is 2.38. The second kappa shape index (κ2) is 7.16. The van der Waals surface area contributed by atoms with Crippen LogP contribution in [0, 0.1) is 10.1 Å². The summed E-state index contributed by atoms with van der Waals surface area (Å²) >= 11 is 0. The second-order valence-electron chi connectivity index (χ2n) is 6.13. The third kappa shape index (κ3) is 3.26. The number of nitro benzene ring substituents is 1. The first-order valence-electron chi connectivity index (χ1n) is 8.42. The van der Waals surface area contributed by atoms with Gasteiger partial charge in [0.25, 0.3) is 11.6 Å². The lowest BCUT2D eigenvalue weighted by molar-refractivity contribution is -0.385. The molecule has 0 fully saturated rings. The summed E-state index contributed by atoms with van der Waals surface area (Å²) in [5, 5.41) is 27.8. The lowest BCUT2D eigenvalue weighted by Crippen LogP contribution is -2.43. The molecular formula is C19H19N3O5. The maximum Gasteiger partial charge on any atom is 0.283 e. The molecule has 1 aliphatic heterocycles. The van der Waals surface area contributed by atoms with E-state index in [1.807, 2.05) is 6.92 Å². The molecular weight excluding hydrogens is 350 g/mol. The van der Waals surface area contributed by atoms with Gasteiger partial charge in [-0.05, 0) is 24.6 Å². The molecule has 0 radical (unpaired) electrons. The topological polar surface area (TPSA) is 105 Å². The SMILES string of the molecule is CCC1=NN(C(=O)c2ccccc2[N+](=O)[O-])C(O)(c2ccc(OC)cc2)C1. The third-order valence-corrected chi connectivity index (χ3v) is 4.53. The predicted octanol–water partition coefficient (Wildman–Crippen LogP) is 3.06. The molecule has 3 rings (SSSR count). The first-order chi connectivity index (χ1) is 12.9. The minimum absolute atomic E-state index is 0.127. The van der Waals surface area contributed by atoms with Crippen molar-refractivity contribution < 1.29 is 19.6 Å². The van der Waals surface area contributed by atoms with Gasteiger partial charge in [-0.1, -0.05) is 31.2 Å². The molecule has 1 amide bonds. The van der Waals surface area contributed by atoms with E-state index in [1.54, 1.807) is 24.3 Å². The molecule has 0 aliphatic carbocycles. The Bertz CT molecular complexity index is 910. The van der Waals surface area contributed by atoms with Crippen LogP contribution in [0.3, 0.4) is 0 Å². The van der Waals surface area contributed by atoms with E-state index >= 15 is 0 Å². The lowest BCUT2D eigenvalue weighted by atomic mass is 9.96. The number of nitro groups is 1. The van der Waals surface area contributed by atoms with Crippen molar-refractivity contribution in [2.75, 3.05) is 7.11 Å². The fourth-order valence-corrected chi connectivity index (χ4v) is 3.04. The number of aliphatic hydroxyl groups is 1. The molecule has 140 valence electrons. The van der Waals surface area contributed by atoms with Crippen molar-refractivity contribution in [3.63, 3.8) is 0 Å². The van der Waals surface area contributed by atoms with Crippen LogP contribution in [0.25, 0.3) is 0 Å². The molecule has 27 heavy (non-hydrogen) atoms. The summed E-state index contributed by atoms with van der Waals surface area (Å²) in [7, 11) is 1.53. The zero-order chi connectivity index (χ0) is 19.6. The Kier molecular flexibility index (Phi) is 4.91. The molecule has 1 N–H and O–H groups in total. The molecule has 0 spiro atoms. The van der Waals surface area contributed by atoms with Crippen LogP contribution in [-0.4, -0.2) is 33.8 Å². The first kappa shape index (κ1) is 18.5. The van der Waals surface area contributed by atoms with E-state index in [-0.39, 0.29) is 17.7 Å². The monoisotopic (exact) mass is 369 g/mol. The van der Waals surface area contributed by atoms with Gasteiger partial charge in [0.2, 0.25) is 0 Å². The summed E-state index contributed by atoms with van der Waals surface area (Å²) in [6.45, 7) is 1.87. The highest BCUT2D eigenvalue weighted by atomic mass is 16.6. The third-order valence-electron chi connectivity index (χ3n) is 4.53. The Morgan fingerprint density at radius 3 is 2.56 bits per heavy atom. The van der Waals surface area contributed by atoms with E-state index in [2.05, 4.69) is 5.10 Å². The second-order valence-corrected chi connectivity index (χ2v) is 6.13. The van der Waals surface area contributed by atoms with Gasteiger partial charge in [0.1, 0.15) is 11.3 Å². The van der Waals surface area contributed by atoms with Gasteiger partial charge in [-0.3, -0.25) is 14.9 Å². The minimum Gasteiger partial charge on any atom is -0.497 e. The Balaban J connectivity index is 2.06. The van der Waals surface area contributed by atoms with Gasteiger partial charge >= 0.3 is 0 Å². The van der Waals surface area contributed by atoms with Crippen molar-refractivity contribution in [1.29, 1.82) is 0 Å². The summed E-state index contributed by atoms with van der Waals surface area (Å²) in [6.07, 6.45) is 0.668. The number of carbonyl (C=O) groups excluding carboxylic acids is 1. The number of methoxy groups -OCH3 is 1. The molecule has 0 bridgehead atoms. The Morgan fingerprint density at radius 2 is 1.96 bits per heavy atom. The Morgan fingerprint density at radius 1 is 1.30 bits per heavy atom. The molecule has 2 aromatic rings. The van der Waals surface area contributed by atoms with Crippen LogP contribution in [0.4, 0.5) is 5.69 Å². The molecule has 1 unspecified atom stereocenters. The first-order valence-corrected chi connectivity index (χ1v) is 8.42. The van der Waals surface area contributed by atoms with Gasteiger partial charge in [0.15, 0.2) is 5.72 Å². The van der Waals surface area contributed by atoms with Crippen LogP contribution in [0.1, 0.15) is 35.7 Å². The van der Waals surface area contributed by atoms with E-state index < -0.39 is 16.6 Å². The van der Waals surface area contributed by atoms with Crippen LogP contribution in [0.5, 0.6) is 5.75 Å². The number of carbonyl (C=O) groups is 1. The largest absolute Gasteiger partial charge is 0.497 e. The molecule has 8 heteroatoms. The highest BCUT2D eigenvalue weighted by molar-refractivity contribution is 6.01. The average molecular weight is 369 g/mol. The smallest absolute Gasteiger partial charge is 0.283 e. The fourth-order valence-electron chi connectivity index (χ4n) is 3.04. The van der Waals surface area contributed by atoms with Crippen molar-refractivity contribution >= 4 is 17.3 Å². The molecule has 1 aliphatic rings. The summed E-state index contributed by atoms with van der Waals surface area (Å²) in [6, 6.07) is 12.3. The van der Waals surface area contributed by atoms with Crippen LogP contribution >= 0.6 is 0 Å². The van der Waals surface area contributed by atoms with Crippen molar-refractivity contribution in [3.05, 3.63) is 69.8 Å². The number of ether oxygens (including phenoxy) is 1. The summed E-state index contributed by atoms with van der Waals surface area (Å²) < 4.78 is 5.13. The Hall–Kier alpha value is -3.26. The molecule has 1 atom stereocenters. The van der Waals surface area contributed by atoms with Gasteiger partial charge in [0, 0.05) is 23.8 Å². The Labute approximate surface area is 155 Å². The van der Waals surface area contributed by atoms with E-state index in [4.69, 9.17) is 4.74 Å². The van der Waals surface area contributed by atoms with Gasteiger partial charge in [-0.25, -0.2) is 0 Å². The summed E-state index contributed by atoms with van der Waals surface area (Å²) in [5.74, 6) is -0.127. The maximum atomic E-state index is 13.1. The molecule has 1 heterocycles.